The summed E-state index contributed by atoms with van der Waals surface area (Å²) in [5, 5.41) is 8.30. The molecule has 5 heteroatoms. The van der Waals surface area contributed by atoms with Crippen molar-refractivity contribution in [3.8, 4) is 0 Å². The number of carbonyl (C=O) groups excluding carboxylic acids is 1. The van der Waals surface area contributed by atoms with Crippen LogP contribution >= 0.6 is 0 Å². The maximum absolute atomic E-state index is 10.0. The monoisotopic (exact) mass is 185 g/mol. The summed E-state index contributed by atoms with van der Waals surface area (Å²) in [4.78, 5) is 14.9. The Balaban J connectivity index is 0. The van der Waals surface area contributed by atoms with Crippen LogP contribution in [0, 0.1) is 13.1 Å². The molecule has 0 fully saturated rings. The van der Waals surface area contributed by atoms with Gasteiger partial charge in [0.2, 0.25) is 0 Å². The molecule has 0 rings (SSSR count). The third kappa shape index (κ3) is 4.86. The molecule has 1 N–H and O–H groups in total. The molecule has 0 spiro atoms. The summed E-state index contributed by atoms with van der Waals surface area (Å²) in [6, 6.07) is 0. The molecule has 0 aromatic heterocycles. The average molecular weight is 186 g/mol. The molecule has 0 heterocycles. The van der Waals surface area contributed by atoms with E-state index in [-0.39, 0.29) is 17.1 Å². The normalized spacial score (nSPS) is 8.40. The van der Waals surface area contributed by atoms with Gasteiger partial charge < -0.3 is 9.90 Å². The first-order valence-electron chi connectivity index (χ1n) is 1.90. The molecule has 0 aromatic carbocycles. The van der Waals surface area contributed by atoms with Gasteiger partial charge in [-0.2, -0.15) is 9.69 Å². The van der Waals surface area contributed by atoms with E-state index in [9.17, 15) is 4.79 Å². The van der Waals surface area contributed by atoms with Crippen LogP contribution in [0.3, 0.4) is 0 Å². The molecule has 0 saturated heterocycles. The predicted octanol–water partition coefficient (Wildman–Crippen LogP) is 0.748. The van der Waals surface area contributed by atoms with Crippen LogP contribution in [0.2, 0.25) is 0 Å². The Morgan fingerprint density at radius 1 is 1.40 bits per heavy atom. The van der Waals surface area contributed by atoms with Crippen LogP contribution in [0.1, 0.15) is 0 Å². The van der Waals surface area contributed by atoms with Crippen LogP contribution in [-0.2, 0) is 21.9 Å². The molecule has 4 nitrogen and oxygen atoms in total. The summed E-state index contributed by atoms with van der Waals surface area (Å²) < 4.78 is 0. The predicted molar refractivity (Wildman–Crippen MR) is 28.9 cm³/mol. The van der Waals surface area contributed by atoms with E-state index in [1.807, 2.05) is 0 Å². The average Bonchev–Trinajstić information content (AvgIpc) is 1.87. The molecule has 0 aliphatic rings. The van der Waals surface area contributed by atoms with Gasteiger partial charge in [-0.15, -0.1) is 0 Å². The minimum atomic E-state index is -0.941. The molecule has 0 saturated carbocycles. The third-order valence-corrected chi connectivity index (χ3v) is 0.477. The fourth-order valence-electron chi connectivity index (χ4n) is 0.175. The van der Waals surface area contributed by atoms with Crippen LogP contribution in [-0.4, -0.2) is 11.0 Å². The molecule has 55 valence electrons. The van der Waals surface area contributed by atoms with E-state index in [4.69, 9.17) is 18.3 Å². The first kappa shape index (κ1) is 11.5. The molecule has 0 aliphatic carbocycles. The van der Waals surface area contributed by atoms with Gasteiger partial charge in [0.1, 0.15) is 0 Å². The molecule has 10 heavy (non-hydrogen) atoms. The Kier molecular flexibility index (Phi) is 6.71. The van der Waals surface area contributed by atoms with Gasteiger partial charge >= 0.3 is 11.8 Å². The van der Waals surface area contributed by atoms with Crippen LogP contribution in [0.15, 0.2) is 12.0 Å². The number of rotatable bonds is 1. The van der Waals surface area contributed by atoms with Crippen molar-refractivity contribution < 1.29 is 27.0 Å². The molecule has 0 unspecified atom stereocenters. The topological polar surface area (TPSA) is 46.0 Å². The summed E-state index contributed by atoms with van der Waals surface area (Å²) in [5.74, 6) is -1.69. The summed E-state index contributed by atoms with van der Waals surface area (Å²) >= 11 is 0. The Bertz CT molecular complexity index is 233. The van der Waals surface area contributed by atoms with Gasteiger partial charge in [0.15, 0.2) is 0 Å². The van der Waals surface area contributed by atoms with Crippen molar-refractivity contribution in [1.29, 1.82) is 0 Å². The van der Waals surface area contributed by atoms with Crippen molar-refractivity contribution in [3.05, 3.63) is 34.8 Å². The van der Waals surface area contributed by atoms with Crippen molar-refractivity contribution in [2.75, 3.05) is 0 Å². The number of nitrogens with zero attached hydrogens (tertiary/aromatic N) is 2. The SMILES string of the molecule is [C-]#[N+]C(=O)/C=C(\O)[N+]#[C-].[Cu]. The van der Waals surface area contributed by atoms with E-state index in [1.165, 1.54) is 0 Å². The first-order valence-corrected chi connectivity index (χ1v) is 1.90. The molecule has 0 atom stereocenters. The number of amides is 1. The van der Waals surface area contributed by atoms with E-state index < -0.39 is 11.8 Å². The minimum absolute atomic E-state index is 0. The fourth-order valence-corrected chi connectivity index (χ4v) is 0.175. The first-order chi connectivity index (χ1) is 4.20. The minimum Gasteiger partial charge on any atom is -0.533 e. The van der Waals surface area contributed by atoms with Gasteiger partial charge in [0.05, 0.1) is 13.1 Å². The van der Waals surface area contributed by atoms with Gasteiger partial charge in [-0.1, -0.05) is 0 Å². The van der Waals surface area contributed by atoms with E-state index in [1.54, 1.807) is 0 Å². The van der Waals surface area contributed by atoms with Gasteiger partial charge in [-0.05, 0) is 0 Å². The van der Waals surface area contributed by atoms with Crippen molar-refractivity contribution >= 4 is 5.91 Å². The third-order valence-electron chi connectivity index (χ3n) is 0.477. The standard InChI is InChI=1S/C5H2N2O2.Cu/c1-6-4(8)3-5(9)7-2;/h3,8H;/b4-3-;. The number of aliphatic hydroxyl groups is 1. The molecule has 1 amide bonds. The number of hydrogen-bond donors (Lipinski definition) is 1. The van der Waals surface area contributed by atoms with E-state index in [0.29, 0.717) is 6.08 Å². The van der Waals surface area contributed by atoms with Crippen molar-refractivity contribution in [3.63, 3.8) is 0 Å². The fraction of sp³-hybridized carbons (Fsp3) is 0. The molecular weight excluding hydrogens is 184 g/mol. The largest absolute Gasteiger partial charge is 0.533 e. The zero-order valence-electron chi connectivity index (χ0n) is 4.63. The molecular formula is C5H2CuN2O2. The zero-order valence-corrected chi connectivity index (χ0v) is 5.57. The maximum atomic E-state index is 10.0. The van der Waals surface area contributed by atoms with E-state index >= 15 is 0 Å². The molecule has 1 radical (unpaired) electrons. The van der Waals surface area contributed by atoms with Crippen molar-refractivity contribution in [2.24, 2.45) is 0 Å². The summed E-state index contributed by atoms with van der Waals surface area (Å²) in [6.07, 6.45) is 0.569. The Morgan fingerprint density at radius 2 is 1.90 bits per heavy atom. The number of hydrogen-bond acceptors (Lipinski definition) is 2. The Morgan fingerprint density at radius 3 is 2.20 bits per heavy atom. The van der Waals surface area contributed by atoms with Crippen molar-refractivity contribution in [1.82, 2.24) is 0 Å². The van der Waals surface area contributed by atoms with E-state index in [2.05, 4.69) is 9.69 Å². The summed E-state index contributed by atoms with van der Waals surface area (Å²) in [6.45, 7) is 12.2. The van der Waals surface area contributed by atoms with Gasteiger partial charge in [-0.3, -0.25) is 0 Å². The van der Waals surface area contributed by atoms with Gasteiger partial charge in [-0.25, -0.2) is 0 Å². The van der Waals surface area contributed by atoms with Gasteiger partial charge in [0.25, 0.3) is 0 Å². The van der Waals surface area contributed by atoms with Crippen LogP contribution in [0.4, 0.5) is 0 Å². The smallest absolute Gasteiger partial charge is 0.372 e. The summed E-state index contributed by atoms with van der Waals surface area (Å²) in [5.41, 5.74) is 0. The molecule has 0 aliphatic heterocycles. The Labute approximate surface area is 68.3 Å². The zero-order chi connectivity index (χ0) is 7.28. The Hall–Kier alpha value is -1.29. The van der Waals surface area contributed by atoms with Crippen LogP contribution in [0.25, 0.3) is 9.69 Å². The molecule has 0 bridgehead atoms. The molecule has 0 aromatic rings. The number of aliphatic hydroxyl groups excluding tert-OH is 1. The van der Waals surface area contributed by atoms with Crippen LogP contribution < -0.4 is 0 Å². The summed E-state index contributed by atoms with van der Waals surface area (Å²) in [7, 11) is 0. The van der Waals surface area contributed by atoms with Crippen LogP contribution in [0.5, 0.6) is 0 Å². The van der Waals surface area contributed by atoms with Gasteiger partial charge in [0, 0.05) is 23.1 Å². The second kappa shape index (κ2) is 5.84. The van der Waals surface area contributed by atoms with E-state index in [0.717, 1.165) is 0 Å². The van der Waals surface area contributed by atoms with Crippen molar-refractivity contribution in [2.45, 2.75) is 0 Å². The number of carbonyl (C=O) groups is 1. The second-order valence-electron chi connectivity index (χ2n) is 1.06. The maximum Gasteiger partial charge on any atom is 0.372 e. The second-order valence-corrected chi connectivity index (χ2v) is 1.06. The quantitative estimate of drug-likeness (QED) is 0.284.